The maximum Gasteiger partial charge on any atom is 0.322 e. The van der Waals surface area contributed by atoms with E-state index in [2.05, 4.69) is 5.32 Å². The van der Waals surface area contributed by atoms with Gasteiger partial charge < -0.3 is 24.8 Å². The van der Waals surface area contributed by atoms with E-state index in [1.54, 1.807) is 23.1 Å². The quantitative estimate of drug-likeness (QED) is 0.814. The van der Waals surface area contributed by atoms with Gasteiger partial charge in [-0.15, -0.1) is 0 Å². The fourth-order valence-corrected chi connectivity index (χ4v) is 2.84. The predicted octanol–water partition coefficient (Wildman–Crippen LogP) is 3.32. The molecule has 0 aromatic heterocycles. The average molecular weight is 374 g/mol. The minimum atomic E-state index is -0.322. The molecule has 2 N–H and O–H groups in total. The monoisotopic (exact) mass is 374 g/mol. The summed E-state index contributed by atoms with van der Waals surface area (Å²) in [6.07, 6.45) is 0.453. The minimum Gasteiger partial charge on any atom is -0.486 e. The molecule has 144 valence electrons. The van der Waals surface area contributed by atoms with Crippen molar-refractivity contribution in [3.8, 4) is 11.5 Å². The molecular weight excluding hydrogens is 351 g/mol. The molecular formula is C20H23FN2O4. The second-order valence-electron chi connectivity index (χ2n) is 6.37. The fraction of sp³-hybridized carbons (Fsp3) is 0.350. The van der Waals surface area contributed by atoms with E-state index < -0.39 is 0 Å². The van der Waals surface area contributed by atoms with Crippen molar-refractivity contribution in [3.05, 3.63) is 53.3 Å². The van der Waals surface area contributed by atoms with E-state index in [9.17, 15) is 9.18 Å². The summed E-state index contributed by atoms with van der Waals surface area (Å²) in [7, 11) is 0. The highest BCUT2D eigenvalue weighted by molar-refractivity contribution is 5.90. The first-order valence-corrected chi connectivity index (χ1v) is 8.88. The zero-order chi connectivity index (χ0) is 19.2. The summed E-state index contributed by atoms with van der Waals surface area (Å²) in [4.78, 5) is 14.4. The summed E-state index contributed by atoms with van der Waals surface area (Å²) in [6, 6.07) is 9.30. The van der Waals surface area contributed by atoms with Crippen LogP contribution in [0.2, 0.25) is 0 Å². The third-order valence-electron chi connectivity index (χ3n) is 4.29. The minimum absolute atomic E-state index is 0.0176. The molecule has 0 unspecified atom stereocenters. The molecule has 0 aliphatic carbocycles. The van der Waals surface area contributed by atoms with Gasteiger partial charge in [0.25, 0.3) is 0 Å². The van der Waals surface area contributed by atoms with E-state index >= 15 is 0 Å². The number of carbonyl (C=O) groups is 1. The van der Waals surface area contributed by atoms with Crippen LogP contribution in [0.3, 0.4) is 0 Å². The zero-order valence-corrected chi connectivity index (χ0v) is 15.2. The second-order valence-corrected chi connectivity index (χ2v) is 6.37. The van der Waals surface area contributed by atoms with E-state index in [0.717, 1.165) is 11.1 Å². The van der Waals surface area contributed by atoms with Crippen molar-refractivity contribution < 1.29 is 23.8 Å². The van der Waals surface area contributed by atoms with Crippen molar-refractivity contribution in [1.82, 2.24) is 4.90 Å². The van der Waals surface area contributed by atoms with Gasteiger partial charge in [0.1, 0.15) is 19.0 Å². The van der Waals surface area contributed by atoms with Crippen LogP contribution in [0, 0.1) is 12.7 Å². The first kappa shape index (κ1) is 19.0. The number of anilines is 1. The molecule has 0 spiro atoms. The van der Waals surface area contributed by atoms with Crippen LogP contribution in [0.5, 0.6) is 11.5 Å². The Morgan fingerprint density at radius 2 is 1.85 bits per heavy atom. The van der Waals surface area contributed by atoms with Crippen LogP contribution in [0.1, 0.15) is 17.5 Å². The van der Waals surface area contributed by atoms with Crippen molar-refractivity contribution in [2.75, 3.05) is 31.7 Å². The van der Waals surface area contributed by atoms with Gasteiger partial charge in [0.2, 0.25) is 0 Å². The molecule has 0 fully saturated rings. The second kappa shape index (κ2) is 8.73. The number of hydrogen-bond donors (Lipinski definition) is 2. The lowest BCUT2D eigenvalue weighted by Gasteiger charge is -2.25. The van der Waals surface area contributed by atoms with E-state index in [1.807, 2.05) is 13.0 Å². The number of fused-ring (bicyclic) bond motifs is 1. The van der Waals surface area contributed by atoms with E-state index in [0.29, 0.717) is 49.9 Å². The van der Waals surface area contributed by atoms with Crippen LogP contribution in [-0.4, -0.2) is 42.4 Å². The Bertz CT molecular complexity index is 795. The molecule has 0 radical (unpaired) electrons. The lowest BCUT2D eigenvalue weighted by Crippen LogP contribution is -2.35. The van der Waals surface area contributed by atoms with Gasteiger partial charge in [0.15, 0.2) is 11.5 Å². The number of urea groups is 1. The highest BCUT2D eigenvalue weighted by Gasteiger charge is 2.18. The molecule has 3 rings (SSSR count). The van der Waals surface area contributed by atoms with E-state index in [4.69, 9.17) is 14.6 Å². The highest BCUT2D eigenvalue weighted by Crippen LogP contribution is 2.35. The Morgan fingerprint density at radius 3 is 2.52 bits per heavy atom. The van der Waals surface area contributed by atoms with E-state index in [1.165, 1.54) is 12.1 Å². The van der Waals surface area contributed by atoms with Crippen LogP contribution >= 0.6 is 0 Å². The number of halogens is 1. The van der Waals surface area contributed by atoms with Crippen LogP contribution in [-0.2, 0) is 6.54 Å². The smallest absolute Gasteiger partial charge is 0.322 e. The Balaban J connectivity index is 1.74. The molecule has 6 nitrogen and oxygen atoms in total. The standard InChI is InChI=1S/C20H23FN2O4/c1-14-11-18-19(27-10-9-26-18)12-17(14)22-20(25)23(7-2-8-24)13-15-3-5-16(21)6-4-15/h3-6,11-12,24H,2,7-10,13H2,1H3,(H,22,25). The molecule has 2 amide bonds. The summed E-state index contributed by atoms with van der Waals surface area (Å²) in [5.74, 6) is 0.944. The third kappa shape index (κ3) is 4.89. The largest absolute Gasteiger partial charge is 0.486 e. The number of aliphatic hydroxyl groups excluding tert-OH is 1. The molecule has 27 heavy (non-hydrogen) atoms. The van der Waals surface area contributed by atoms with Crippen LogP contribution in [0.25, 0.3) is 0 Å². The molecule has 0 atom stereocenters. The molecule has 0 saturated carbocycles. The molecule has 0 bridgehead atoms. The van der Waals surface area contributed by atoms with Crippen molar-refractivity contribution in [2.24, 2.45) is 0 Å². The molecule has 7 heteroatoms. The maximum absolute atomic E-state index is 13.1. The lowest BCUT2D eigenvalue weighted by atomic mass is 10.1. The first-order valence-electron chi connectivity index (χ1n) is 8.88. The highest BCUT2D eigenvalue weighted by atomic mass is 19.1. The zero-order valence-electron chi connectivity index (χ0n) is 15.2. The van der Waals surface area contributed by atoms with Gasteiger partial charge in [-0.1, -0.05) is 12.1 Å². The third-order valence-corrected chi connectivity index (χ3v) is 4.29. The topological polar surface area (TPSA) is 71.0 Å². The normalized spacial score (nSPS) is 12.6. The predicted molar refractivity (Wildman–Crippen MR) is 99.7 cm³/mol. The summed E-state index contributed by atoms with van der Waals surface area (Å²) in [5.41, 5.74) is 2.30. The number of hydrogen-bond acceptors (Lipinski definition) is 4. The average Bonchev–Trinajstić information content (AvgIpc) is 2.67. The first-order chi connectivity index (χ1) is 13.1. The van der Waals surface area contributed by atoms with Gasteiger partial charge >= 0.3 is 6.03 Å². The number of nitrogens with one attached hydrogen (secondary N) is 1. The number of nitrogens with zero attached hydrogens (tertiary/aromatic N) is 1. The van der Waals surface area contributed by atoms with Crippen molar-refractivity contribution in [3.63, 3.8) is 0 Å². The number of ether oxygens (including phenoxy) is 2. The number of carbonyl (C=O) groups excluding carboxylic acids is 1. The Kier molecular flexibility index (Phi) is 6.13. The van der Waals surface area contributed by atoms with Crippen molar-refractivity contribution >= 4 is 11.7 Å². The number of rotatable bonds is 6. The van der Waals surface area contributed by atoms with Crippen LogP contribution < -0.4 is 14.8 Å². The van der Waals surface area contributed by atoms with Gasteiger partial charge in [-0.25, -0.2) is 9.18 Å². The summed E-state index contributed by atoms with van der Waals surface area (Å²) < 4.78 is 24.2. The molecule has 2 aromatic rings. The van der Waals surface area contributed by atoms with Gasteiger partial charge in [0, 0.05) is 31.5 Å². The van der Waals surface area contributed by atoms with Crippen molar-refractivity contribution in [2.45, 2.75) is 19.9 Å². The van der Waals surface area contributed by atoms with Crippen molar-refractivity contribution in [1.29, 1.82) is 0 Å². The molecule has 2 aromatic carbocycles. The molecule has 1 aliphatic rings. The van der Waals surface area contributed by atoms with Gasteiger partial charge in [-0.3, -0.25) is 0 Å². The number of amides is 2. The van der Waals surface area contributed by atoms with Crippen LogP contribution in [0.15, 0.2) is 36.4 Å². The summed E-state index contributed by atoms with van der Waals surface area (Å²) >= 11 is 0. The Labute approximate surface area is 157 Å². The fourth-order valence-electron chi connectivity index (χ4n) is 2.84. The van der Waals surface area contributed by atoms with Crippen LogP contribution in [0.4, 0.5) is 14.9 Å². The van der Waals surface area contributed by atoms with Gasteiger partial charge in [-0.2, -0.15) is 0 Å². The Hall–Kier alpha value is -2.80. The summed E-state index contributed by atoms with van der Waals surface area (Å²) in [5, 5.41) is 12.0. The number of aryl methyl sites for hydroxylation is 1. The number of aliphatic hydroxyl groups is 1. The number of benzene rings is 2. The lowest BCUT2D eigenvalue weighted by molar-refractivity contribution is 0.171. The molecule has 1 heterocycles. The SMILES string of the molecule is Cc1cc2c(cc1NC(=O)N(CCCO)Cc1ccc(F)cc1)OCCO2. The maximum atomic E-state index is 13.1. The van der Waals surface area contributed by atoms with Gasteiger partial charge in [-0.05, 0) is 42.7 Å². The molecule has 0 saturated heterocycles. The van der Waals surface area contributed by atoms with Gasteiger partial charge in [0.05, 0.1) is 0 Å². The molecule has 1 aliphatic heterocycles. The van der Waals surface area contributed by atoms with E-state index in [-0.39, 0.29) is 18.5 Å². The Morgan fingerprint density at radius 1 is 1.19 bits per heavy atom. The summed E-state index contributed by atoms with van der Waals surface area (Å²) in [6.45, 7) is 3.53.